The Labute approximate surface area is 198 Å². The van der Waals surface area contributed by atoms with Gasteiger partial charge < -0.3 is 14.2 Å². The topological polar surface area (TPSA) is 86.1 Å². The fourth-order valence-electron chi connectivity index (χ4n) is 3.73. The number of methoxy groups -OCH3 is 2. The van der Waals surface area contributed by atoms with Crippen LogP contribution in [-0.4, -0.2) is 47.4 Å². The highest BCUT2D eigenvalue weighted by atomic mass is 32.1. The van der Waals surface area contributed by atoms with Crippen molar-refractivity contribution in [2.75, 3.05) is 20.8 Å². The Bertz CT molecular complexity index is 1320. The number of hydrogen-bond acceptors (Lipinski definition) is 9. The molecule has 1 aliphatic rings. The summed E-state index contributed by atoms with van der Waals surface area (Å²) < 4.78 is 16.6. The van der Waals surface area contributed by atoms with Crippen molar-refractivity contribution >= 4 is 44.5 Å². The largest absolute Gasteiger partial charge is 0.493 e. The van der Waals surface area contributed by atoms with Gasteiger partial charge in [0.05, 0.1) is 36.2 Å². The third kappa shape index (κ3) is 4.14. The highest BCUT2D eigenvalue weighted by Crippen LogP contribution is 2.38. The summed E-state index contributed by atoms with van der Waals surface area (Å²) in [5.74, 6) is 1.36. The average Bonchev–Trinajstić information content (AvgIpc) is 3.61. The summed E-state index contributed by atoms with van der Waals surface area (Å²) in [7, 11) is 3.18. The van der Waals surface area contributed by atoms with E-state index >= 15 is 0 Å². The number of rotatable bonds is 7. The van der Waals surface area contributed by atoms with Gasteiger partial charge in [0.15, 0.2) is 18.1 Å². The molecule has 8 nitrogen and oxygen atoms in total. The Morgan fingerprint density at radius 3 is 2.76 bits per heavy atom. The molecule has 1 amide bonds. The van der Waals surface area contributed by atoms with Crippen LogP contribution in [0.25, 0.3) is 10.2 Å². The molecule has 4 aromatic rings. The van der Waals surface area contributed by atoms with Crippen LogP contribution in [0.3, 0.4) is 0 Å². The van der Waals surface area contributed by atoms with Gasteiger partial charge >= 0.3 is 0 Å². The quantitative estimate of drug-likeness (QED) is 0.386. The molecule has 0 saturated heterocycles. The van der Waals surface area contributed by atoms with Crippen molar-refractivity contribution in [1.29, 1.82) is 0 Å². The molecule has 0 unspecified atom stereocenters. The van der Waals surface area contributed by atoms with E-state index in [0.29, 0.717) is 23.8 Å². The fraction of sp³-hybridized carbons (Fsp3) is 0.217. The van der Waals surface area contributed by atoms with Crippen molar-refractivity contribution in [2.24, 2.45) is 5.10 Å². The van der Waals surface area contributed by atoms with Crippen LogP contribution in [0, 0.1) is 0 Å². The van der Waals surface area contributed by atoms with Gasteiger partial charge in [0.25, 0.3) is 5.91 Å². The van der Waals surface area contributed by atoms with Gasteiger partial charge in [-0.3, -0.25) is 4.79 Å². The lowest BCUT2D eigenvalue weighted by Crippen LogP contribution is -2.31. The van der Waals surface area contributed by atoms with Crippen LogP contribution < -0.4 is 14.2 Å². The fourth-order valence-corrected chi connectivity index (χ4v) is 5.17. The molecule has 0 radical (unpaired) electrons. The predicted molar refractivity (Wildman–Crippen MR) is 128 cm³/mol. The number of thiophene rings is 2. The number of amides is 1. The molecule has 4 heterocycles. The van der Waals surface area contributed by atoms with Crippen molar-refractivity contribution in [3.63, 3.8) is 0 Å². The minimum absolute atomic E-state index is 0.188. The number of benzene rings is 1. The molecule has 0 spiro atoms. The number of nitrogens with zero attached hydrogens (tertiary/aromatic N) is 4. The molecule has 0 saturated carbocycles. The second-order valence-corrected chi connectivity index (χ2v) is 9.05. The van der Waals surface area contributed by atoms with E-state index in [2.05, 4.69) is 15.1 Å². The zero-order chi connectivity index (χ0) is 22.8. The van der Waals surface area contributed by atoms with Crippen LogP contribution in [0.4, 0.5) is 0 Å². The van der Waals surface area contributed by atoms with E-state index < -0.39 is 0 Å². The van der Waals surface area contributed by atoms with E-state index in [1.54, 1.807) is 25.6 Å². The summed E-state index contributed by atoms with van der Waals surface area (Å²) in [5, 5.41) is 10.9. The third-order valence-corrected chi connectivity index (χ3v) is 7.06. The van der Waals surface area contributed by atoms with Gasteiger partial charge in [0.2, 0.25) is 5.88 Å². The Morgan fingerprint density at radius 2 is 1.97 bits per heavy atom. The lowest BCUT2D eigenvalue weighted by Gasteiger charge is -2.23. The van der Waals surface area contributed by atoms with Gasteiger partial charge in [-0.05, 0) is 40.6 Å². The highest BCUT2D eigenvalue weighted by molar-refractivity contribution is 7.16. The van der Waals surface area contributed by atoms with Crippen molar-refractivity contribution in [1.82, 2.24) is 15.0 Å². The maximum absolute atomic E-state index is 13.3. The van der Waals surface area contributed by atoms with Gasteiger partial charge in [-0.25, -0.2) is 15.0 Å². The first-order chi connectivity index (χ1) is 16.2. The number of carbonyl (C=O) groups is 1. The van der Waals surface area contributed by atoms with Gasteiger partial charge in [-0.2, -0.15) is 5.10 Å². The first kappa shape index (κ1) is 21.4. The Kier molecular flexibility index (Phi) is 5.93. The second kappa shape index (κ2) is 9.16. The maximum Gasteiger partial charge on any atom is 0.281 e. The molecule has 0 fully saturated rings. The van der Waals surface area contributed by atoms with E-state index in [1.807, 2.05) is 47.2 Å². The summed E-state index contributed by atoms with van der Waals surface area (Å²) in [6.07, 6.45) is 2.03. The monoisotopic (exact) mass is 480 g/mol. The lowest BCUT2D eigenvalue weighted by molar-refractivity contribution is -0.135. The van der Waals surface area contributed by atoms with E-state index in [1.165, 1.54) is 22.7 Å². The smallest absolute Gasteiger partial charge is 0.281 e. The summed E-state index contributed by atoms with van der Waals surface area (Å²) in [4.78, 5) is 23.5. The molecule has 1 aromatic carbocycles. The Morgan fingerprint density at radius 1 is 1.09 bits per heavy atom. The Hall–Kier alpha value is -3.50. The zero-order valence-electron chi connectivity index (χ0n) is 17.9. The second-order valence-electron chi connectivity index (χ2n) is 7.20. The molecule has 0 N–H and O–H groups in total. The van der Waals surface area contributed by atoms with Gasteiger partial charge in [-0.15, -0.1) is 22.7 Å². The number of fused-ring (bicyclic) bond motifs is 1. The normalized spacial score (nSPS) is 15.5. The lowest BCUT2D eigenvalue weighted by atomic mass is 10.0. The SMILES string of the molecule is COc1ccc([C@H]2CC(c3cccs3)=NN2C(=O)COc2ncnc3sccc23)cc1OC. The molecule has 33 heavy (non-hydrogen) atoms. The maximum atomic E-state index is 13.3. The van der Waals surface area contributed by atoms with Crippen LogP contribution in [-0.2, 0) is 4.79 Å². The van der Waals surface area contributed by atoms with Crippen LogP contribution in [0.2, 0.25) is 0 Å². The molecular formula is C23H20N4O4S2. The van der Waals surface area contributed by atoms with Crippen molar-refractivity contribution < 1.29 is 19.0 Å². The number of hydrogen-bond donors (Lipinski definition) is 0. The first-order valence-electron chi connectivity index (χ1n) is 10.1. The van der Waals surface area contributed by atoms with E-state index in [4.69, 9.17) is 14.2 Å². The molecular weight excluding hydrogens is 460 g/mol. The highest BCUT2D eigenvalue weighted by Gasteiger charge is 2.34. The molecule has 1 atom stereocenters. The Balaban J connectivity index is 1.42. The summed E-state index contributed by atoms with van der Waals surface area (Å²) in [5.41, 5.74) is 1.76. The molecule has 3 aromatic heterocycles. The molecule has 1 aliphatic heterocycles. The molecule has 168 valence electrons. The number of hydrazone groups is 1. The minimum Gasteiger partial charge on any atom is -0.493 e. The van der Waals surface area contributed by atoms with E-state index in [-0.39, 0.29) is 18.6 Å². The number of aromatic nitrogens is 2. The summed E-state index contributed by atoms with van der Waals surface area (Å²) in [6, 6.07) is 11.2. The molecule has 5 rings (SSSR count). The molecule has 10 heteroatoms. The van der Waals surface area contributed by atoms with Crippen molar-refractivity contribution in [2.45, 2.75) is 12.5 Å². The first-order valence-corrected chi connectivity index (χ1v) is 11.9. The van der Waals surface area contributed by atoms with Gasteiger partial charge in [0, 0.05) is 6.42 Å². The van der Waals surface area contributed by atoms with Crippen LogP contribution in [0.15, 0.2) is 58.6 Å². The zero-order valence-corrected chi connectivity index (χ0v) is 19.6. The molecule has 0 aliphatic carbocycles. The minimum atomic E-state index is -0.287. The van der Waals surface area contributed by atoms with Crippen molar-refractivity contribution in [3.8, 4) is 17.4 Å². The van der Waals surface area contributed by atoms with Crippen LogP contribution in [0.1, 0.15) is 22.9 Å². The van der Waals surface area contributed by atoms with Crippen molar-refractivity contribution in [3.05, 3.63) is 63.9 Å². The number of ether oxygens (including phenoxy) is 3. The van der Waals surface area contributed by atoms with E-state index in [9.17, 15) is 4.79 Å². The number of carbonyl (C=O) groups excluding carboxylic acids is 1. The van der Waals surface area contributed by atoms with E-state index in [0.717, 1.165) is 26.4 Å². The molecule has 0 bridgehead atoms. The van der Waals surface area contributed by atoms with Gasteiger partial charge in [-0.1, -0.05) is 12.1 Å². The average molecular weight is 481 g/mol. The predicted octanol–water partition coefficient (Wildman–Crippen LogP) is 4.53. The summed E-state index contributed by atoms with van der Waals surface area (Å²) >= 11 is 3.09. The van der Waals surface area contributed by atoms with Gasteiger partial charge in [0.1, 0.15) is 11.2 Å². The third-order valence-electron chi connectivity index (χ3n) is 5.32. The standard InChI is InChI=1S/C23H20N4O4S2/c1-29-18-6-5-14(10-19(18)30-2)17-11-16(20-4-3-8-32-20)26-27(17)21(28)12-31-22-15-7-9-33-23(15)25-13-24-22/h3-10,13,17H,11-12H2,1-2H3/t17-/m1/s1. The van der Waals surface area contributed by atoms with Crippen LogP contribution in [0.5, 0.6) is 17.4 Å². The van der Waals surface area contributed by atoms with Crippen LogP contribution >= 0.6 is 22.7 Å². The summed E-state index contributed by atoms with van der Waals surface area (Å²) in [6.45, 7) is -0.188.